The summed E-state index contributed by atoms with van der Waals surface area (Å²) in [5, 5.41) is 14.6. The molecule has 1 saturated carbocycles. The summed E-state index contributed by atoms with van der Waals surface area (Å²) in [5.74, 6) is -1.09. The summed E-state index contributed by atoms with van der Waals surface area (Å²) in [7, 11) is 0. The molecule has 1 aromatic rings. The number of hydrogen-bond donors (Lipinski definition) is 3. The minimum Gasteiger partial charge on any atom is -0.478 e. The molecule has 20 heavy (non-hydrogen) atoms. The Morgan fingerprint density at radius 1 is 1.30 bits per heavy atom. The van der Waals surface area contributed by atoms with Crippen LogP contribution < -0.4 is 10.6 Å². The second-order valence-corrected chi connectivity index (χ2v) is 5.75. The molecule has 1 aromatic carbocycles. The number of anilines is 1. The largest absolute Gasteiger partial charge is 0.478 e. The fraction of sp³-hybridized carbons (Fsp3) is 0.429. The lowest BCUT2D eigenvalue weighted by atomic mass is 10.0. The number of carboxylic acids is 1. The van der Waals surface area contributed by atoms with Gasteiger partial charge < -0.3 is 15.7 Å². The van der Waals surface area contributed by atoms with Crippen LogP contribution in [0.25, 0.3) is 0 Å². The summed E-state index contributed by atoms with van der Waals surface area (Å²) >= 11 is 5.85. The predicted molar refractivity (Wildman–Crippen MR) is 77.4 cm³/mol. The number of carbonyl (C=O) groups excluding carboxylic acids is 1. The van der Waals surface area contributed by atoms with Crippen LogP contribution >= 0.6 is 11.6 Å². The highest BCUT2D eigenvalue weighted by Crippen LogP contribution is 2.29. The first-order chi connectivity index (χ1) is 9.39. The van der Waals surface area contributed by atoms with Crippen molar-refractivity contribution in [2.45, 2.75) is 38.1 Å². The molecule has 0 saturated heterocycles. The van der Waals surface area contributed by atoms with E-state index in [-0.39, 0.29) is 22.2 Å². The van der Waals surface area contributed by atoms with Crippen LogP contribution in [-0.2, 0) is 0 Å². The third kappa shape index (κ3) is 3.42. The average molecular weight is 297 g/mol. The van der Waals surface area contributed by atoms with Crippen molar-refractivity contribution in [2.24, 2.45) is 0 Å². The van der Waals surface area contributed by atoms with Crippen LogP contribution in [0.4, 0.5) is 10.5 Å². The molecule has 5 nitrogen and oxygen atoms in total. The van der Waals surface area contributed by atoms with Crippen molar-refractivity contribution in [3.05, 3.63) is 28.8 Å². The molecule has 0 bridgehead atoms. The van der Waals surface area contributed by atoms with Crippen molar-refractivity contribution >= 4 is 29.3 Å². The number of urea groups is 1. The van der Waals surface area contributed by atoms with Crippen LogP contribution in [0.1, 0.15) is 43.0 Å². The van der Waals surface area contributed by atoms with Gasteiger partial charge in [-0.15, -0.1) is 0 Å². The maximum Gasteiger partial charge on any atom is 0.337 e. The quantitative estimate of drug-likeness (QED) is 0.799. The number of amides is 2. The van der Waals surface area contributed by atoms with Gasteiger partial charge in [0.15, 0.2) is 0 Å². The summed E-state index contributed by atoms with van der Waals surface area (Å²) in [6, 6.07) is 4.03. The molecular weight excluding hydrogens is 280 g/mol. The molecule has 108 valence electrons. The lowest BCUT2D eigenvalue weighted by molar-refractivity contribution is 0.0697. The summed E-state index contributed by atoms with van der Waals surface area (Å²) in [5.41, 5.74) is 0.328. The molecule has 1 aliphatic rings. The SMILES string of the molecule is CC1(NC(=O)Nc2ccc(C(=O)O)c(Cl)c2)CCCC1. The minimum absolute atomic E-state index is 0.0142. The predicted octanol–water partition coefficient (Wildman–Crippen LogP) is 3.49. The van der Waals surface area contributed by atoms with Gasteiger partial charge in [-0.25, -0.2) is 9.59 Å². The standard InChI is InChI=1S/C14H17ClN2O3/c1-14(6-2-3-7-14)17-13(20)16-9-4-5-10(12(18)19)11(15)8-9/h4-5,8H,2-3,6-7H2,1H3,(H,18,19)(H2,16,17,20). The van der Waals surface area contributed by atoms with Crippen LogP contribution in [0, 0.1) is 0 Å². The molecule has 2 amide bonds. The van der Waals surface area contributed by atoms with Crippen molar-refractivity contribution in [1.82, 2.24) is 5.32 Å². The lowest BCUT2D eigenvalue weighted by Crippen LogP contribution is -2.45. The first kappa shape index (κ1) is 14.7. The smallest absolute Gasteiger partial charge is 0.337 e. The second kappa shape index (κ2) is 5.71. The maximum atomic E-state index is 11.9. The van der Waals surface area contributed by atoms with Gasteiger partial charge in [-0.05, 0) is 38.0 Å². The third-order valence-corrected chi connectivity index (χ3v) is 3.89. The molecule has 1 fully saturated rings. The van der Waals surface area contributed by atoms with Gasteiger partial charge in [0, 0.05) is 11.2 Å². The average Bonchev–Trinajstić information content (AvgIpc) is 2.74. The molecule has 0 radical (unpaired) electrons. The molecule has 0 unspecified atom stereocenters. The Morgan fingerprint density at radius 3 is 2.50 bits per heavy atom. The van der Waals surface area contributed by atoms with Crippen molar-refractivity contribution in [1.29, 1.82) is 0 Å². The van der Waals surface area contributed by atoms with E-state index in [0.29, 0.717) is 5.69 Å². The molecule has 0 aromatic heterocycles. The normalized spacial score (nSPS) is 16.7. The lowest BCUT2D eigenvalue weighted by Gasteiger charge is -2.25. The fourth-order valence-corrected chi connectivity index (χ4v) is 2.74. The van der Waals surface area contributed by atoms with Gasteiger partial charge in [0.05, 0.1) is 10.6 Å². The Labute approximate surface area is 122 Å². The fourth-order valence-electron chi connectivity index (χ4n) is 2.48. The van der Waals surface area contributed by atoms with Crippen LogP contribution in [0.5, 0.6) is 0 Å². The molecule has 6 heteroatoms. The summed E-state index contributed by atoms with van der Waals surface area (Å²) in [4.78, 5) is 22.8. The van der Waals surface area contributed by atoms with E-state index in [2.05, 4.69) is 10.6 Å². The Bertz CT molecular complexity index is 539. The zero-order valence-electron chi connectivity index (χ0n) is 11.2. The zero-order chi connectivity index (χ0) is 14.8. The van der Waals surface area contributed by atoms with Crippen LogP contribution in [0.3, 0.4) is 0 Å². The molecule has 3 N–H and O–H groups in total. The van der Waals surface area contributed by atoms with E-state index in [9.17, 15) is 9.59 Å². The van der Waals surface area contributed by atoms with Crippen LogP contribution in [0.2, 0.25) is 5.02 Å². The van der Waals surface area contributed by atoms with Gasteiger partial charge in [0.2, 0.25) is 0 Å². The number of rotatable bonds is 3. The topological polar surface area (TPSA) is 78.4 Å². The summed E-state index contributed by atoms with van der Waals surface area (Å²) < 4.78 is 0. The number of aromatic carboxylic acids is 1. The van der Waals surface area contributed by atoms with E-state index in [1.54, 1.807) is 0 Å². The molecule has 1 aliphatic carbocycles. The summed E-state index contributed by atoms with van der Waals surface area (Å²) in [6.45, 7) is 2.03. The van der Waals surface area contributed by atoms with Crippen molar-refractivity contribution in [3.63, 3.8) is 0 Å². The van der Waals surface area contributed by atoms with Gasteiger partial charge in [-0.2, -0.15) is 0 Å². The van der Waals surface area contributed by atoms with E-state index in [1.165, 1.54) is 18.2 Å². The van der Waals surface area contributed by atoms with E-state index in [1.807, 2.05) is 6.92 Å². The zero-order valence-corrected chi connectivity index (χ0v) is 12.0. The molecule has 0 heterocycles. The number of nitrogens with one attached hydrogen (secondary N) is 2. The van der Waals surface area contributed by atoms with Gasteiger partial charge in [0.1, 0.15) is 0 Å². The molecule has 0 atom stereocenters. The first-order valence-electron chi connectivity index (χ1n) is 6.52. The number of benzene rings is 1. The number of carboxylic acid groups (broad SMARTS) is 1. The van der Waals surface area contributed by atoms with Crippen LogP contribution in [-0.4, -0.2) is 22.6 Å². The third-order valence-electron chi connectivity index (χ3n) is 3.58. The van der Waals surface area contributed by atoms with Crippen molar-refractivity contribution in [2.75, 3.05) is 5.32 Å². The van der Waals surface area contributed by atoms with Gasteiger partial charge in [-0.1, -0.05) is 24.4 Å². The minimum atomic E-state index is -1.09. The highest BCUT2D eigenvalue weighted by atomic mass is 35.5. The number of carbonyl (C=O) groups is 2. The Balaban J connectivity index is 2.01. The monoisotopic (exact) mass is 296 g/mol. The highest BCUT2D eigenvalue weighted by Gasteiger charge is 2.30. The van der Waals surface area contributed by atoms with E-state index < -0.39 is 5.97 Å². The highest BCUT2D eigenvalue weighted by molar-refractivity contribution is 6.33. The molecule has 0 aliphatic heterocycles. The van der Waals surface area contributed by atoms with Crippen molar-refractivity contribution in [3.8, 4) is 0 Å². The summed E-state index contributed by atoms with van der Waals surface area (Å²) in [6.07, 6.45) is 4.18. The number of hydrogen-bond acceptors (Lipinski definition) is 2. The van der Waals surface area contributed by atoms with Gasteiger partial charge in [-0.3, -0.25) is 0 Å². The van der Waals surface area contributed by atoms with E-state index >= 15 is 0 Å². The van der Waals surface area contributed by atoms with Gasteiger partial charge in [0.25, 0.3) is 0 Å². The molecular formula is C14H17ClN2O3. The molecule has 0 spiro atoms. The first-order valence-corrected chi connectivity index (χ1v) is 6.89. The van der Waals surface area contributed by atoms with E-state index in [4.69, 9.17) is 16.7 Å². The van der Waals surface area contributed by atoms with E-state index in [0.717, 1.165) is 25.7 Å². The number of halogens is 1. The second-order valence-electron chi connectivity index (χ2n) is 5.35. The molecule has 2 rings (SSSR count). The Morgan fingerprint density at radius 2 is 1.95 bits per heavy atom. The Hall–Kier alpha value is -1.75. The van der Waals surface area contributed by atoms with Gasteiger partial charge >= 0.3 is 12.0 Å². The maximum absolute atomic E-state index is 11.9. The van der Waals surface area contributed by atoms with Crippen molar-refractivity contribution < 1.29 is 14.7 Å². The Kier molecular flexibility index (Phi) is 4.18. The van der Waals surface area contributed by atoms with Crippen LogP contribution in [0.15, 0.2) is 18.2 Å².